The molecule has 0 radical (unpaired) electrons. The van der Waals surface area contributed by atoms with Crippen molar-refractivity contribution in [1.29, 1.82) is 0 Å². The molecule has 0 saturated heterocycles. The number of hydrogen-bond acceptors (Lipinski definition) is 1. The summed E-state index contributed by atoms with van der Waals surface area (Å²) < 4.78 is 0. The normalized spacial score (nSPS) is 16.8. The summed E-state index contributed by atoms with van der Waals surface area (Å²) in [5.41, 5.74) is 4.39. The molecule has 0 fully saturated rings. The van der Waals surface area contributed by atoms with Crippen molar-refractivity contribution in [3.8, 4) is 0 Å². The second kappa shape index (κ2) is 7.67. The van der Waals surface area contributed by atoms with Gasteiger partial charge in [0.05, 0.1) is 0 Å². The van der Waals surface area contributed by atoms with E-state index in [1.165, 1.54) is 10.9 Å². The van der Waals surface area contributed by atoms with E-state index in [4.69, 9.17) is 0 Å². The Kier molecular flexibility index (Phi) is 5.52. The lowest BCUT2D eigenvalue weighted by Crippen LogP contribution is -2.55. The van der Waals surface area contributed by atoms with Crippen LogP contribution >= 0.6 is 0 Å². The van der Waals surface area contributed by atoms with E-state index in [0.29, 0.717) is 11.8 Å². The molecule has 26 heavy (non-hydrogen) atoms. The van der Waals surface area contributed by atoms with Gasteiger partial charge >= 0.3 is 0 Å². The quantitative estimate of drug-likeness (QED) is 0.617. The van der Waals surface area contributed by atoms with Crippen LogP contribution in [0.1, 0.15) is 34.1 Å². The van der Waals surface area contributed by atoms with E-state index < -0.39 is 8.24 Å². The minimum atomic E-state index is -2.12. The summed E-state index contributed by atoms with van der Waals surface area (Å²) in [6.45, 7) is 11.8. The molecule has 0 spiro atoms. The molecule has 1 nitrogen and oxygen atoms in total. The van der Waals surface area contributed by atoms with Crippen LogP contribution in [0.15, 0.2) is 83.1 Å². The van der Waals surface area contributed by atoms with E-state index in [9.17, 15) is 0 Å². The first-order chi connectivity index (χ1) is 12.4. The third-order valence-corrected chi connectivity index (χ3v) is 9.38. The molecule has 0 aliphatic heterocycles. The summed E-state index contributed by atoms with van der Waals surface area (Å²) in [5.74, 6) is 1.12. The fourth-order valence-corrected chi connectivity index (χ4v) is 8.29. The molecule has 2 aromatic rings. The van der Waals surface area contributed by atoms with Gasteiger partial charge in [-0.2, -0.15) is 0 Å². The molecule has 1 aliphatic rings. The number of hydrogen-bond donors (Lipinski definition) is 1. The molecular formula is C24H31NSi. The Hall–Kier alpha value is -2.06. The molecule has 3 rings (SSSR count). The topological polar surface area (TPSA) is 12.0 Å². The summed E-state index contributed by atoms with van der Waals surface area (Å²) in [7, 11) is -2.12. The van der Waals surface area contributed by atoms with Crippen LogP contribution in [0.2, 0.25) is 6.55 Å². The number of nitrogens with one attached hydrogen (secondary N) is 1. The van der Waals surface area contributed by atoms with E-state index >= 15 is 0 Å². The van der Waals surface area contributed by atoms with Crippen molar-refractivity contribution in [3.63, 3.8) is 0 Å². The first kappa shape index (κ1) is 18.7. The lowest BCUT2D eigenvalue weighted by atomic mass is 10.0. The molecule has 0 aromatic heterocycles. The highest BCUT2D eigenvalue weighted by Gasteiger charge is 2.41. The Morgan fingerprint density at radius 3 is 1.92 bits per heavy atom. The van der Waals surface area contributed by atoms with Crippen LogP contribution in [0.4, 0.5) is 5.69 Å². The highest BCUT2D eigenvalue weighted by Crippen LogP contribution is 2.40. The lowest BCUT2D eigenvalue weighted by Gasteiger charge is -2.36. The SMILES string of the molecule is CC(C)C1=CCC(C(C)C)=C1[Si](C)(Nc1ccccc1)c1ccccc1. The van der Waals surface area contributed by atoms with Gasteiger partial charge in [-0.25, -0.2) is 0 Å². The van der Waals surface area contributed by atoms with Crippen LogP contribution in [0, 0.1) is 11.8 Å². The third-order valence-electron chi connectivity index (χ3n) is 5.49. The van der Waals surface area contributed by atoms with E-state index in [2.05, 4.69) is 106 Å². The molecule has 2 aromatic carbocycles. The molecule has 0 bridgehead atoms. The maximum absolute atomic E-state index is 4.02. The summed E-state index contributed by atoms with van der Waals surface area (Å²) in [6, 6.07) is 21.8. The van der Waals surface area contributed by atoms with Crippen LogP contribution in [-0.4, -0.2) is 8.24 Å². The van der Waals surface area contributed by atoms with Crippen molar-refractivity contribution in [2.24, 2.45) is 11.8 Å². The maximum atomic E-state index is 4.02. The van der Waals surface area contributed by atoms with Crippen molar-refractivity contribution in [3.05, 3.63) is 83.1 Å². The molecule has 1 unspecified atom stereocenters. The lowest BCUT2D eigenvalue weighted by molar-refractivity contribution is 0.746. The minimum Gasteiger partial charge on any atom is -0.403 e. The van der Waals surface area contributed by atoms with Crippen molar-refractivity contribution in [2.75, 3.05) is 4.98 Å². The predicted octanol–water partition coefficient (Wildman–Crippen LogP) is 6.06. The van der Waals surface area contributed by atoms with E-state index in [0.717, 1.165) is 6.42 Å². The van der Waals surface area contributed by atoms with Crippen molar-refractivity contribution in [1.82, 2.24) is 0 Å². The molecule has 0 amide bonds. The van der Waals surface area contributed by atoms with E-state index in [-0.39, 0.29) is 0 Å². The largest absolute Gasteiger partial charge is 0.403 e. The van der Waals surface area contributed by atoms with Gasteiger partial charge in [0.25, 0.3) is 0 Å². The van der Waals surface area contributed by atoms with E-state index in [1.54, 1.807) is 16.3 Å². The maximum Gasteiger partial charge on any atom is 0.215 e. The number of allylic oxidation sites excluding steroid dienone is 4. The fourth-order valence-electron chi connectivity index (χ4n) is 4.13. The van der Waals surface area contributed by atoms with Gasteiger partial charge in [0.2, 0.25) is 8.24 Å². The van der Waals surface area contributed by atoms with Crippen molar-refractivity contribution >= 4 is 19.1 Å². The Morgan fingerprint density at radius 1 is 0.808 bits per heavy atom. The van der Waals surface area contributed by atoms with Crippen molar-refractivity contribution in [2.45, 2.75) is 40.7 Å². The number of rotatable bonds is 6. The molecular weight excluding hydrogens is 330 g/mol. The van der Waals surface area contributed by atoms with Crippen LogP contribution in [0.5, 0.6) is 0 Å². The zero-order chi connectivity index (χ0) is 18.7. The Labute approximate surface area is 159 Å². The number of anilines is 1. The predicted molar refractivity (Wildman–Crippen MR) is 117 cm³/mol. The van der Waals surface area contributed by atoms with Crippen molar-refractivity contribution < 1.29 is 0 Å². The van der Waals surface area contributed by atoms with Crippen LogP contribution in [-0.2, 0) is 0 Å². The molecule has 2 heteroatoms. The van der Waals surface area contributed by atoms with Gasteiger partial charge in [-0.3, -0.25) is 0 Å². The fraction of sp³-hybridized carbons (Fsp3) is 0.333. The van der Waals surface area contributed by atoms with Gasteiger partial charge < -0.3 is 4.98 Å². The monoisotopic (exact) mass is 361 g/mol. The van der Waals surface area contributed by atoms with Crippen LogP contribution in [0.3, 0.4) is 0 Å². The highest BCUT2D eigenvalue weighted by molar-refractivity contribution is 6.99. The standard InChI is InChI=1S/C24H31NSi/c1-18(2)22-16-17-23(19(3)4)24(22)26(5,21-14-10-7-11-15-21)25-20-12-8-6-9-13-20/h6-16,18-19,25H,17H2,1-5H3. The van der Waals surface area contributed by atoms with Gasteiger partial charge in [-0.15, -0.1) is 0 Å². The first-order valence-electron chi connectivity index (χ1n) is 9.76. The third kappa shape index (κ3) is 3.56. The Balaban J connectivity index is 2.19. The second-order valence-electron chi connectivity index (χ2n) is 8.06. The smallest absolute Gasteiger partial charge is 0.215 e. The van der Waals surface area contributed by atoms with Crippen LogP contribution in [0.25, 0.3) is 0 Å². The average Bonchev–Trinajstić information content (AvgIpc) is 3.10. The van der Waals surface area contributed by atoms with Gasteiger partial charge in [-0.05, 0) is 52.9 Å². The highest BCUT2D eigenvalue weighted by atomic mass is 28.3. The molecule has 136 valence electrons. The molecule has 0 heterocycles. The summed E-state index contributed by atoms with van der Waals surface area (Å²) in [6.07, 6.45) is 3.59. The first-order valence-corrected chi connectivity index (χ1v) is 12.3. The Bertz CT molecular complexity index is 803. The molecule has 0 saturated carbocycles. The summed E-state index contributed by atoms with van der Waals surface area (Å²) in [4.78, 5) is 4.02. The zero-order valence-corrected chi connectivity index (χ0v) is 17.7. The number of para-hydroxylation sites is 1. The van der Waals surface area contributed by atoms with Gasteiger partial charge in [0, 0.05) is 5.69 Å². The van der Waals surface area contributed by atoms with E-state index in [1.807, 2.05) is 0 Å². The summed E-state index contributed by atoms with van der Waals surface area (Å²) in [5, 5.41) is 3.07. The number of benzene rings is 2. The van der Waals surface area contributed by atoms with Gasteiger partial charge in [0.15, 0.2) is 0 Å². The van der Waals surface area contributed by atoms with Crippen LogP contribution < -0.4 is 10.2 Å². The van der Waals surface area contributed by atoms with Gasteiger partial charge in [-0.1, -0.05) is 87.9 Å². The zero-order valence-electron chi connectivity index (χ0n) is 16.7. The Morgan fingerprint density at radius 2 is 1.38 bits per heavy atom. The summed E-state index contributed by atoms with van der Waals surface area (Å²) >= 11 is 0. The molecule has 1 aliphatic carbocycles. The average molecular weight is 362 g/mol. The molecule has 1 N–H and O–H groups in total. The minimum absolute atomic E-state index is 0.550. The van der Waals surface area contributed by atoms with Gasteiger partial charge in [0.1, 0.15) is 0 Å². The second-order valence-corrected chi connectivity index (χ2v) is 11.6. The molecule has 1 atom stereocenters.